The number of nitrogens with zero attached hydrogens (tertiary/aromatic N) is 1. The number of halogens is 3. The molecule has 0 aliphatic carbocycles. The van der Waals surface area contributed by atoms with E-state index in [0.717, 1.165) is 6.07 Å². The highest BCUT2D eigenvalue weighted by Gasteiger charge is 2.37. The maximum atomic E-state index is 12.5. The van der Waals surface area contributed by atoms with Crippen LogP contribution in [0.1, 0.15) is 5.56 Å². The summed E-state index contributed by atoms with van der Waals surface area (Å²) in [5.41, 5.74) is 5.35. The molecule has 5 nitrogen and oxygen atoms in total. The van der Waals surface area contributed by atoms with Crippen LogP contribution in [0.3, 0.4) is 0 Å². The van der Waals surface area contributed by atoms with Crippen molar-refractivity contribution in [3.63, 3.8) is 0 Å². The monoisotopic (exact) mass is 342 g/mol. The summed E-state index contributed by atoms with van der Waals surface area (Å²) in [6, 6.07) is 5.23. The van der Waals surface area contributed by atoms with Gasteiger partial charge in [0.25, 0.3) is 0 Å². The molecule has 0 saturated carbocycles. The Morgan fingerprint density at radius 1 is 1.33 bits per heavy atom. The first-order valence-electron chi connectivity index (χ1n) is 5.66. The molecule has 0 fully saturated rings. The number of alkyl halides is 3. The molecule has 0 heterocycles. The summed E-state index contributed by atoms with van der Waals surface area (Å²) < 4.78 is 62.3. The number of sulfonamides is 1. The Morgan fingerprint density at radius 2 is 1.90 bits per heavy atom. The molecule has 10 heteroatoms. The van der Waals surface area contributed by atoms with E-state index in [0.29, 0.717) is 0 Å². The molecule has 0 unspecified atom stereocenters. The first-order chi connectivity index (χ1) is 9.59. The molecule has 1 aromatic carbocycles. The third-order valence-electron chi connectivity index (χ3n) is 2.48. The van der Waals surface area contributed by atoms with Gasteiger partial charge in [0.05, 0.1) is 11.5 Å². The SMILES string of the molecule is NC(=S)c1ccccc1S(=O)(=O)N(CCO)CC(F)(F)F. The summed E-state index contributed by atoms with van der Waals surface area (Å²) in [4.78, 5) is -0.666. The summed E-state index contributed by atoms with van der Waals surface area (Å²) in [7, 11) is -4.49. The summed E-state index contributed by atoms with van der Waals surface area (Å²) in [6.07, 6.45) is -4.74. The molecule has 0 amide bonds. The molecular weight excluding hydrogens is 329 g/mol. The number of hydrogen-bond donors (Lipinski definition) is 2. The van der Waals surface area contributed by atoms with Crippen molar-refractivity contribution in [2.75, 3.05) is 19.7 Å². The van der Waals surface area contributed by atoms with Gasteiger partial charge in [-0.25, -0.2) is 8.42 Å². The number of hydrogen-bond acceptors (Lipinski definition) is 4. The van der Waals surface area contributed by atoms with Crippen molar-refractivity contribution in [2.24, 2.45) is 5.73 Å². The number of aliphatic hydroxyl groups is 1. The summed E-state index contributed by atoms with van der Waals surface area (Å²) >= 11 is 4.70. The lowest BCUT2D eigenvalue weighted by Crippen LogP contribution is -2.41. The molecule has 0 saturated heterocycles. The van der Waals surface area contributed by atoms with Crippen LogP contribution in [0.2, 0.25) is 0 Å². The number of thiocarbonyl (C=S) groups is 1. The van der Waals surface area contributed by atoms with Gasteiger partial charge in [0.2, 0.25) is 10.0 Å². The minimum Gasteiger partial charge on any atom is -0.395 e. The summed E-state index contributed by atoms with van der Waals surface area (Å²) in [6.45, 7) is -3.14. The van der Waals surface area contributed by atoms with E-state index < -0.39 is 40.8 Å². The smallest absolute Gasteiger partial charge is 0.395 e. The van der Waals surface area contributed by atoms with E-state index in [2.05, 4.69) is 0 Å². The molecule has 0 aliphatic heterocycles. The molecule has 3 N–H and O–H groups in total. The second-order valence-corrected chi connectivity index (χ2v) is 6.38. The number of nitrogens with two attached hydrogens (primary N) is 1. The zero-order valence-electron chi connectivity index (χ0n) is 10.7. The zero-order chi connectivity index (χ0) is 16.3. The van der Waals surface area contributed by atoms with Crippen LogP contribution >= 0.6 is 12.2 Å². The van der Waals surface area contributed by atoms with Crippen molar-refractivity contribution >= 4 is 27.2 Å². The lowest BCUT2D eigenvalue weighted by molar-refractivity contribution is -0.136. The maximum Gasteiger partial charge on any atom is 0.402 e. The molecule has 0 radical (unpaired) electrons. The van der Waals surface area contributed by atoms with Gasteiger partial charge in [-0.2, -0.15) is 17.5 Å². The van der Waals surface area contributed by atoms with Crippen molar-refractivity contribution in [1.82, 2.24) is 4.31 Å². The zero-order valence-corrected chi connectivity index (χ0v) is 12.3. The molecule has 0 aromatic heterocycles. The largest absolute Gasteiger partial charge is 0.402 e. The second kappa shape index (κ2) is 6.69. The third-order valence-corrected chi connectivity index (χ3v) is 4.60. The van der Waals surface area contributed by atoms with Crippen LogP contribution < -0.4 is 5.73 Å². The fraction of sp³-hybridized carbons (Fsp3) is 0.364. The van der Waals surface area contributed by atoms with Crippen LogP contribution in [0.4, 0.5) is 13.2 Å². The third kappa shape index (κ3) is 4.63. The van der Waals surface area contributed by atoms with E-state index in [9.17, 15) is 21.6 Å². The van der Waals surface area contributed by atoms with E-state index in [1.165, 1.54) is 18.2 Å². The Morgan fingerprint density at radius 3 is 2.38 bits per heavy atom. The van der Waals surface area contributed by atoms with Crippen LogP contribution in [0.15, 0.2) is 29.2 Å². The molecule has 1 aromatic rings. The second-order valence-electron chi connectivity index (χ2n) is 4.04. The minimum absolute atomic E-state index is 0.0439. The molecule has 118 valence electrons. The van der Waals surface area contributed by atoms with E-state index >= 15 is 0 Å². The topological polar surface area (TPSA) is 83.6 Å². The first kappa shape index (κ1) is 17.8. The van der Waals surface area contributed by atoms with Gasteiger partial charge in [0, 0.05) is 12.1 Å². The molecule has 0 bridgehead atoms. The Kier molecular flexibility index (Phi) is 5.68. The fourth-order valence-corrected chi connectivity index (χ4v) is 3.50. The Bertz CT molecular complexity index is 617. The Hall–Kier alpha value is -1.23. The van der Waals surface area contributed by atoms with E-state index in [1.54, 1.807) is 0 Å². The average Bonchev–Trinajstić information content (AvgIpc) is 2.36. The van der Waals surface area contributed by atoms with Crippen molar-refractivity contribution in [2.45, 2.75) is 11.1 Å². The maximum absolute atomic E-state index is 12.5. The summed E-state index contributed by atoms with van der Waals surface area (Å²) in [5, 5.41) is 8.80. The lowest BCUT2D eigenvalue weighted by Gasteiger charge is -2.23. The van der Waals surface area contributed by atoms with Crippen LogP contribution in [0.25, 0.3) is 0 Å². The van der Waals surface area contributed by atoms with Gasteiger partial charge < -0.3 is 10.8 Å². The standard InChI is InChI=1S/C11H13F3N2O3S2/c12-11(13,14)7-16(5-6-17)21(18,19)9-4-2-1-3-8(9)10(15)20/h1-4,17H,5-7H2,(H2,15,20). The van der Waals surface area contributed by atoms with Crippen molar-refractivity contribution in [3.05, 3.63) is 29.8 Å². The highest BCUT2D eigenvalue weighted by Crippen LogP contribution is 2.24. The predicted octanol–water partition coefficient (Wildman–Crippen LogP) is 0.866. The van der Waals surface area contributed by atoms with E-state index in [4.69, 9.17) is 23.1 Å². The van der Waals surface area contributed by atoms with E-state index in [1.807, 2.05) is 0 Å². The molecule has 0 spiro atoms. The predicted molar refractivity (Wildman–Crippen MR) is 74.2 cm³/mol. The highest BCUT2D eigenvalue weighted by atomic mass is 32.2. The quantitative estimate of drug-likeness (QED) is 0.750. The van der Waals surface area contributed by atoms with Crippen molar-refractivity contribution < 1.29 is 26.7 Å². The van der Waals surface area contributed by atoms with Gasteiger partial charge in [-0.05, 0) is 6.07 Å². The van der Waals surface area contributed by atoms with Gasteiger partial charge in [-0.1, -0.05) is 30.4 Å². The van der Waals surface area contributed by atoms with Crippen molar-refractivity contribution in [3.8, 4) is 0 Å². The number of aliphatic hydroxyl groups excluding tert-OH is 1. The van der Waals surface area contributed by atoms with Gasteiger partial charge in [-0.3, -0.25) is 0 Å². The fourth-order valence-electron chi connectivity index (χ4n) is 1.63. The lowest BCUT2D eigenvalue weighted by atomic mass is 10.2. The molecule has 0 atom stereocenters. The van der Waals surface area contributed by atoms with Crippen molar-refractivity contribution in [1.29, 1.82) is 0 Å². The van der Waals surface area contributed by atoms with Crippen LogP contribution in [-0.4, -0.2) is 48.7 Å². The van der Waals surface area contributed by atoms with Gasteiger partial charge in [0.15, 0.2) is 0 Å². The van der Waals surface area contributed by atoms with Crippen LogP contribution in [0, 0.1) is 0 Å². The molecule has 0 aliphatic rings. The minimum atomic E-state index is -4.74. The molecule has 21 heavy (non-hydrogen) atoms. The Balaban J connectivity index is 3.33. The van der Waals surface area contributed by atoms with Gasteiger partial charge in [0.1, 0.15) is 11.5 Å². The first-order valence-corrected chi connectivity index (χ1v) is 7.51. The van der Waals surface area contributed by atoms with Gasteiger partial charge >= 0.3 is 6.18 Å². The molecular formula is C11H13F3N2O3S2. The normalized spacial score (nSPS) is 12.6. The molecule has 1 rings (SSSR count). The number of rotatable bonds is 6. The number of benzene rings is 1. The van der Waals surface area contributed by atoms with Crippen LogP contribution in [-0.2, 0) is 10.0 Å². The van der Waals surface area contributed by atoms with Gasteiger partial charge in [-0.15, -0.1) is 0 Å². The van der Waals surface area contributed by atoms with Crippen LogP contribution in [0.5, 0.6) is 0 Å². The Labute approximate surface area is 125 Å². The van der Waals surface area contributed by atoms with E-state index in [-0.39, 0.29) is 14.9 Å². The highest BCUT2D eigenvalue weighted by molar-refractivity contribution is 7.89. The average molecular weight is 342 g/mol. The summed E-state index contributed by atoms with van der Waals surface area (Å²) in [5.74, 6) is 0.